The van der Waals surface area contributed by atoms with Crippen LogP contribution in [-0.4, -0.2) is 48.0 Å². The highest BCUT2D eigenvalue weighted by Gasteiger charge is 2.22. The molecule has 1 aromatic carbocycles. The van der Waals surface area contributed by atoms with E-state index >= 15 is 0 Å². The molecule has 1 heterocycles. The molecule has 0 radical (unpaired) electrons. The van der Waals surface area contributed by atoms with Gasteiger partial charge in [0.1, 0.15) is 5.75 Å². The second-order valence-electron chi connectivity index (χ2n) is 5.22. The van der Waals surface area contributed by atoms with E-state index in [4.69, 9.17) is 4.74 Å². The van der Waals surface area contributed by atoms with Gasteiger partial charge in [0.2, 0.25) is 5.91 Å². The number of carbonyl (C=O) groups excluding carboxylic acids is 1. The fourth-order valence-corrected chi connectivity index (χ4v) is 3.28. The van der Waals surface area contributed by atoms with Gasteiger partial charge in [0.25, 0.3) is 0 Å². The van der Waals surface area contributed by atoms with Gasteiger partial charge < -0.3 is 14.7 Å². The SMILES string of the molecule is CCOc1ccc(SCC(=O)N2CCCC(CO)C2)cc1. The van der Waals surface area contributed by atoms with Gasteiger partial charge in [-0.1, -0.05) is 0 Å². The Morgan fingerprint density at radius 3 is 2.86 bits per heavy atom. The minimum atomic E-state index is 0.159. The monoisotopic (exact) mass is 309 g/mol. The first-order chi connectivity index (χ1) is 10.2. The van der Waals surface area contributed by atoms with Crippen LogP contribution in [0.1, 0.15) is 19.8 Å². The van der Waals surface area contributed by atoms with Crippen molar-refractivity contribution in [3.8, 4) is 5.75 Å². The normalized spacial score (nSPS) is 18.6. The Labute approximate surface area is 130 Å². The average Bonchev–Trinajstić information content (AvgIpc) is 2.54. The number of carbonyl (C=O) groups is 1. The number of aliphatic hydroxyl groups is 1. The van der Waals surface area contributed by atoms with Crippen LogP contribution < -0.4 is 4.74 Å². The Balaban J connectivity index is 1.80. The van der Waals surface area contributed by atoms with Crippen LogP contribution in [0.25, 0.3) is 0 Å². The van der Waals surface area contributed by atoms with E-state index in [2.05, 4.69) is 0 Å². The van der Waals surface area contributed by atoms with Crippen molar-refractivity contribution >= 4 is 17.7 Å². The zero-order valence-corrected chi connectivity index (χ0v) is 13.3. The van der Waals surface area contributed by atoms with Gasteiger partial charge in [-0.2, -0.15) is 0 Å². The summed E-state index contributed by atoms with van der Waals surface area (Å²) >= 11 is 1.55. The maximum atomic E-state index is 12.2. The topological polar surface area (TPSA) is 49.8 Å². The Morgan fingerprint density at radius 1 is 1.43 bits per heavy atom. The van der Waals surface area contributed by atoms with Gasteiger partial charge in [-0.15, -0.1) is 11.8 Å². The number of hydrogen-bond donors (Lipinski definition) is 1. The minimum Gasteiger partial charge on any atom is -0.494 e. The summed E-state index contributed by atoms with van der Waals surface area (Å²) in [6, 6.07) is 7.82. The van der Waals surface area contributed by atoms with E-state index in [0.29, 0.717) is 18.9 Å². The van der Waals surface area contributed by atoms with Crippen molar-refractivity contribution in [1.29, 1.82) is 0 Å². The summed E-state index contributed by atoms with van der Waals surface area (Å²) < 4.78 is 5.40. The molecule has 1 unspecified atom stereocenters. The van der Waals surface area contributed by atoms with Crippen LogP contribution in [-0.2, 0) is 4.79 Å². The van der Waals surface area contributed by atoms with Gasteiger partial charge in [0.15, 0.2) is 0 Å². The number of piperidine rings is 1. The number of rotatable bonds is 6. The predicted octanol–water partition coefficient (Wildman–Crippen LogP) is 2.41. The molecule has 0 aromatic heterocycles. The highest BCUT2D eigenvalue weighted by Crippen LogP contribution is 2.23. The van der Waals surface area contributed by atoms with Crippen LogP contribution in [0.2, 0.25) is 0 Å². The van der Waals surface area contributed by atoms with Crippen LogP contribution in [0.3, 0.4) is 0 Å². The van der Waals surface area contributed by atoms with Gasteiger partial charge in [-0.25, -0.2) is 0 Å². The van der Waals surface area contributed by atoms with Gasteiger partial charge in [0.05, 0.1) is 12.4 Å². The Hall–Kier alpha value is -1.20. The average molecular weight is 309 g/mol. The third-order valence-corrected chi connectivity index (χ3v) is 4.62. The molecule has 0 bridgehead atoms. The molecule has 1 amide bonds. The van der Waals surface area contributed by atoms with E-state index in [1.807, 2.05) is 36.1 Å². The van der Waals surface area contributed by atoms with Crippen molar-refractivity contribution in [2.45, 2.75) is 24.7 Å². The molecule has 0 saturated carbocycles. The molecular weight excluding hydrogens is 286 g/mol. The van der Waals surface area contributed by atoms with Crippen LogP contribution in [0.4, 0.5) is 0 Å². The number of amides is 1. The lowest BCUT2D eigenvalue weighted by Crippen LogP contribution is -2.41. The van der Waals surface area contributed by atoms with Crippen molar-refractivity contribution in [1.82, 2.24) is 4.90 Å². The first-order valence-corrected chi connectivity index (χ1v) is 8.45. The van der Waals surface area contributed by atoms with Gasteiger partial charge in [-0.05, 0) is 49.9 Å². The first kappa shape index (κ1) is 16.2. The van der Waals surface area contributed by atoms with Gasteiger partial charge in [-0.3, -0.25) is 4.79 Å². The van der Waals surface area contributed by atoms with E-state index in [1.165, 1.54) is 0 Å². The van der Waals surface area contributed by atoms with E-state index in [0.717, 1.165) is 30.0 Å². The lowest BCUT2D eigenvalue weighted by molar-refractivity contribution is -0.130. The number of benzene rings is 1. The molecule has 1 aromatic rings. The molecule has 21 heavy (non-hydrogen) atoms. The molecule has 1 aliphatic rings. The summed E-state index contributed by atoms with van der Waals surface area (Å²) in [5.41, 5.74) is 0. The van der Waals surface area contributed by atoms with Crippen LogP contribution >= 0.6 is 11.8 Å². The van der Waals surface area contributed by atoms with Gasteiger partial charge in [0, 0.05) is 24.6 Å². The highest BCUT2D eigenvalue weighted by molar-refractivity contribution is 8.00. The lowest BCUT2D eigenvalue weighted by Gasteiger charge is -2.31. The second kappa shape index (κ2) is 8.29. The molecule has 1 atom stereocenters. The molecular formula is C16H23NO3S. The number of hydrogen-bond acceptors (Lipinski definition) is 4. The third-order valence-electron chi connectivity index (χ3n) is 3.63. The summed E-state index contributed by atoms with van der Waals surface area (Å²) in [4.78, 5) is 15.2. The van der Waals surface area contributed by atoms with E-state index < -0.39 is 0 Å². The number of aliphatic hydroxyl groups excluding tert-OH is 1. The Morgan fingerprint density at radius 2 is 2.19 bits per heavy atom. The molecule has 2 rings (SSSR count). The number of ether oxygens (including phenoxy) is 1. The molecule has 4 nitrogen and oxygen atoms in total. The van der Waals surface area contributed by atoms with Crippen molar-refractivity contribution in [2.24, 2.45) is 5.92 Å². The molecule has 1 fully saturated rings. The molecule has 0 spiro atoms. The fourth-order valence-electron chi connectivity index (χ4n) is 2.48. The summed E-state index contributed by atoms with van der Waals surface area (Å²) in [7, 11) is 0. The zero-order valence-electron chi connectivity index (χ0n) is 12.5. The zero-order chi connectivity index (χ0) is 15.1. The quantitative estimate of drug-likeness (QED) is 0.820. The standard InChI is InChI=1S/C16H23NO3S/c1-2-20-14-5-7-15(8-6-14)21-12-16(19)17-9-3-4-13(10-17)11-18/h5-8,13,18H,2-4,9-12H2,1H3. The fraction of sp³-hybridized carbons (Fsp3) is 0.562. The number of nitrogens with zero attached hydrogens (tertiary/aromatic N) is 1. The molecule has 1 N–H and O–H groups in total. The number of thioether (sulfide) groups is 1. The van der Waals surface area contributed by atoms with Gasteiger partial charge >= 0.3 is 0 Å². The second-order valence-corrected chi connectivity index (χ2v) is 6.27. The molecule has 0 aliphatic carbocycles. The summed E-state index contributed by atoms with van der Waals surface area (Å²) in [5, 5.41) is 9.21. The highest BCUT2D eigenvalue weighted by atomic mass is 32.2. The molecule has 116 valence electrons. The molecule has 1 aliphatic heterocycles. The van der Waals surface area contributed by atoms with Crippen molar-refractivity contribution < 1.29 is 14.6 Å². The van der Waals surface area contributed by atoms with Crippen molar-refractivity contribution in [3.63, 3.8) is 0 Å². The predicted molar refractivity (Wildman–Crippen MR) is 84.7 cm³/mol. The maximum Gasteiger partial charge on any atom is 0.232 e. The van der Waals surface area contributed by atoms with E-state index in [1.54, 1.807) is 11.8 Å². The maximum absolute atomic E-state index is 12.2. The third kappa shape index (κ3) is 4.93. The largest absolute Gasteiger partial charge is 0.494 e. The summed E-state index contributed by atoms with van der Waals surface area (Å²) in [6.07, 6.45) is 2.01. The lowest BCUT2D eigenvalue weighted by atomic mass is 9.99. The molecule has 1 saturated heterocycles. The Kier molecular flexibility index (Phi) is 6.39. The summed E-state index contributed by atoms with van der Waals surface area (Å²) in [6.45, 7) is 4.31. The van der Waals surface area contributed by atoms with Crippen LogP contribution in [0.15, 0.2) is 29.2 Å². The smallest absolute Gasteiger partial charge is 0.232 e. The van der Waals surface area contributed by atoms with Crippen LogP contribution in [0, 0.1) is 5.92 Å². The Bertz CT molecular complexity index is 449. The van der Waals surface area contributed by atoms with E-state index in [9.17, 15) is 9.90 Å². The van der Waals surface area contributed by atoms with Crippen molar-refractivity contribution in [2.75, 3.05) is 32.1 Å². The van der Waals surface area contributed by atoms with Crippen LogP contribution in [0.5, 0.6) is 5.75 Å². The van der Waals surface area contributed by atoms with Crippen molar-refractivity contribution in [3.05, 3.63) is 24.3 Å². The minimum absolute atomic E-state index is 0.159. The number of likely N-dealkylation sites (tertiary alicyclic amines) is 1. The van der Waals surface area contributed by atoms with E-state index in [-0.39, 0.29) is 18.4 Å². The first-order valence-electron chi connectivity index (χ1n) is 7.47. The molecule has 5 heteroatoms. The summed E-state index contributed by atoms with van der Waals surface area (Å²) in [5.74, 6) is 1.71.